The van der Waals surface area contributed by atoms with E-state index in [1.807, 2.05) is 31.2 Å². The van der Waals surface area contributed by atoms with Crippen LogP contribution < -0.4 is 5.32 Å². The number of rotatable bonds is 7. The summed E-state index contributed by atoms with van der Waals surface area (Å²) < 4.78 is 2.09. The molecule has 0 saturated carbocycles. The Morgan fingerprint density at radius 2 is 2.26 bits per heavy atom. The Bertz CT molecular complexity index is 508. The molecule has 0 amide bonds. The molecular weight excluding hydrogens is 254 g/mol. The van der Waals surface area contributed by atoms with Gasteiger partial charge in [0.05, 0.1) is 0 Å². The van der Waals surface area contributed by atoms with E-state index in [0.717, 1.165) is 31.1 Å². The summed E-state index contributed by atoms with van der Waals surface area (Å²) in [5.74, 6) is 2.21. The first-order valence-electron chi connectivity index (χ1n) is 6.68. The first-order valence-corrected chi connectivity index (χ1v) is 7.67. The molecule has 0 aliphatic carbocycles. The van der Waals surface area contributed by atoms with E-state index >= 15 is 0 Å². The molecule has 1 aromatic heterocycles. The number of benzene rings is 1. The predicted octanol–water partition coefficient (Wildman–Crippen LogP) is 2.86. The van der Waals surface area contributed by atoms with Gasteiger partial charge in [0, 0.05) is 43.1 Å². The van der Waals surface area contributed by atoms with E-state index in [1.165, 1.54) is 10.5 Å². The third-order valence-electron chi connectivity index (χ3n) is 2.99. The van der Waals surface area contributed by atoms with E-state index in [1.54, 1.807) is 0 Å². The highest BCUT2D eigenvalue weighted by molar-refractivity contribution is 7.99. The minimum atomic E-state index is 0.949. The lowest BCUT2D eigenvalue weighted by Crippen LogP contribution is -2.11. The second-order valence-corrected chi connectivity index (χ2v) is 5.65. The van der Waals surface area contributed by atoms with Crippen molar-refractivity contribution >= 4 is 11.8 Å². The zero-order valence-corrected chi connectivity index (χ0v) is 12.4. The number of aryl methyl sites for hydroxylation is 2. The maximum atomic E-state index is 4.34. The van der Waals surface area contributed by atoms with E-state index in [4.69, 9.17) is 0 Å². The van der Waals surface area contributed by atoms with Gasteiger partial charge in [-0.15, -0.1) is 11.8 Å². The Morgan fingerprint density at radius 3 is 3.00 bits per heavy atom. The van der Waals surface area contributed by atoms with Gasteiger partial charge in [-0.1, -0.05) is 19.1 Å². The molecule has 102 valence electrons. The molecule has 2 aromatic rings. The van der Waals surface area contributed by atoms with Gasteiger partial charge in [0.2, 0.25) is 0 Å². The predicted molar refractivity (Wildman–Crippen MR) is 81.5 cm³/mol. The summed E-state index contributed by atoms with van der Waals surface area (Å²) in [5.41, 5.74) is 1.35. The molecule has 0 radical (unpaired) electrons. The van der Waals surface area contributed by atoms with Gasteiger partial charge in [0.25, 0.3) is 0 Å². The van der Waals surface area contributed by atoms with Crippen molar-refractivity contribution < 1.29 is 0 Å². The fourth-order valence-electron chi connectivity index (χ4n) is 1.91. The van der Waals surface area contributed by atoms with Gasteiger partial charge in [-0.25, -0.2) is 4.98 Å². The molecule has 3 nitrogen and oxygen atoms in total. The molecule has 4 heteroatoms. The number of hydrogen-bond acceptors (Lipinski definition) is 3. The number of imidazole rings is 1. The van der Waals surface area contributed by atoms with Gasteiger partial charge in [-0.2, -0.15) is 0 Å². The summed E-state index contributed by atoms with van der Waals surface area (Å²) in [5, 5.41) is 3.36. The smallest absolute Gasteiger partial charge is 0.109 e. The molecule has 0 atom stereocenters. The summed E-state index contributed by atoms with van der Waals surface area (Å²) in [7, 11) is 2.05. The van der Waals surface area contributed by atoms with Crippen LogP contribution in [0.25, 0.3) is 0 Å². The van der Waals surface area contributed by atoms with Crippen molar-refractivity contribution in [2.75, 3.05) is 12.3 Å². The van der Waals surface area contributed by atoms with Crippen molar-refractivity contribution in [2.45, 2.75) is 24.8 Å². The van der Waals surface area contributed by atoms with Crippen LogP contribution in [0.1, 0.15) is 18.3 Å². The van der Waals surface area contributed by atoms with Crippen LogP contribution in [0.3, 0.4) is 0 Å². The van der Waals surface area contributed by atoms with Gasteiger partial charge in [0.15, 0.2) is 0 Å². The monoisotopic (exact) mass is 275 g/mol. The fraction of sp³-hybridized carbons (Fsp3) is 0.400. The van der Waals surface area contributed by atoms with Crippen LogP contribution in [0.2, 0.25) is 0 Å². The minimum absolute atomic E-state index is 0.949. The maximum absolute atomic E-state index is 4.34. The highest BCUT2D eigenvalue weighted by Gasteiger charge is 2.01. The van der Waals surface area contributed by atoms with Crippen LogP contribution in [0.5, 0.6) is 0 Å². The number of hydrogen-bond donors (Lipinski definition) is 1. The normalized spacial score (nSPS) is 10.8. The molecule has 0 aliphatic heterocycles. The lowest BCUT2D eigenvalue weighted by molar-refractivity contribution is 0.725. The average molecular weight is 275 g/mol. The molecule has 1 heterocycles. The van der Waals surface area contributed by atoms with Crippen LogP contribution in [0.15, 0.2) is 41.6 Å². The molecule has 2 rings (SSSR count). The van der Waals surface area contributed by atoms with Crippen LogP contribution in [-0.4, -0.2) is 21.8 Å². The summed E-state index contributed by atoms with van der Waals surface area (Å²) in [6, 6.07) is 8.76. The third kappa shape index (κ3) is 4.40. The SMILES string of the molecule is CCNCc1cccc(SCCc2nccn2C)c1. The second kappa shape index (κ2) is 7.36. The highest BCUT2D eigenvalue weighted by atomic mass is 32.2. The molecule has 1 N–H and O–H groups in total. The molecule has 1 aromatic carbocycles. The molecular formula is C15H21N3S. The van der Waals surface area contributed by atoms with Crippen molar-refractivity contribution in [2.24, 2.45) is 7.05 Å². The van der Waals surface area contributed by atoms with Crippen molar-refractivity contribution in [3.8, 4) is 0 Å². The largest absolute Gasteiger partial charge is 0.338 e. The Kier molecular flexibility index (Phi) is 5.48. The van der Waals surface area contributed by atoms with Gasteiger partial charge in [-0.3, -0.25) is 0 Å². The van der Waals surface area contributed by atoms with E-state index in [9.17, 15) is 0 Å². The van der Waals surface area contributed by atoms with Crippen molar-refractivity contribution in [3.05, 3.63) is 48.0 Å². The summed E-state index contributed by atoms with van der Waals surface area (Å²) in [6.45, 7) is 4.09. The molecule has 0 unspecified atom stereocenters. The number of thioether (sulfide) groups is 1. The van der Waals surface area contributed by atoms with Gasteiger partial charge in [0.1, 0.15) is 5.82 Å². The quantitative estimate of drug-likeness (QED) is 0.788. The van der Waals surface area contributed by atoms with Crippen LogP contribution in [0.4, 0.5) is 0 Å². The zero-order valence-electron chi connectivity index (χ0n) is 11.6. The number of nitrogens with one attached hydrogen (secondary N) is 1. The molecule has 0 aliphatic rings. The van der Waals surface area contributed by atoms with Gasteiger partial charge in [-0.05, 0) is 24.2 Å². The average Bonchev–Trinajstić information content (AvgIpc) is 2.83. The lowest BCUT2D eigenvalue weighted by Gasteiger charge is -2.06. The van der Waals surface area contributed by atoms with Crippen molar-refractivity contribution in [1.82, 2.24) is 14.9 Å². The molecule has 0 spiro atoms. The topological polar surface area (TPSA) is 29.9 Å². The Hall–Kier alpha value is -1.26. The highest BCUT2D eigenvalue weighted by Crippen LogP contribution is 2.20. The third-order valence-corrected chi connectivity index (χ3v) is 3.99. The Labute approximate surface area is 119 Å². The summed E-state index contributed by atoms with van der Waals surface area (Å²) in [6.07, 6.45) is 4.86. The van der Waals surface area contributed by atoms with E-state index in [-0.39, 0.29) is 0 Å². The summed E-state index contributed by atoms with van der Waals surface area (Å²) in [4.78, 5) is 5.68. The minimum Gasteiger partial charge on any atom is -0.338 e. The van der Waals surface area contributed by atoms with Crippen molar-refractivity contribution in [3.63, 3.8) is 0 Å². The molecule has 0 bridgehead atoms. The zero-order chi connectivity index (χ0) is 13.5. The van der Waals surface area contributed by atoms with Crippen LogP contribution in [0, 0.1) is 0 Å². The van der Waals surface area contributed by atoms with E-state index in [2.05, 4.69) is 46.1 Å². The standard InChI is InChI=1S/C15H21N3S/c1-3-16-12-13-5-4-6-14(11-13)19-10-7-15-17-8-9-18(15)2/h4-6,8-9,11,16H,3,7,10,12H2,1-2H3. The second-order valence-electron chi connectivity index (χ2n) is 4.48. The number of aromatic nitrogens is 2. The Balaban J connectivity index is 1.84. The summed E-state index contributed by atoms with van der Waals surface area (Å²) >= 11 is 1.89. The van der Waals surface area contributed by atoms with E-state index < -0.39 is 0 Å². The van der Waals surface area contributed by atoms with Crippen LogP contribution in [-0.2, 0) is 20.0 Å². The number of nitrogens with zero attached hydrogens (tertiary/aromatic N) is 2. The first kappa shape index (κ1) is 14.2. The fourth-order valence-corrected chi connectivity index (χ4v) is 2.84. The van der Waals surface area contributed by atoms with E-state index in [0.29, 0.717) is 0 Å². The molecule has 19 heavy (non-hydrogen) atoms. The van der Waals surface area contributed by atoms with Crippen molar-refractivity contribution in [1.29, 1.82) is 0 Å². The first-order chi connectivity index (χ1) is 9.29. The van der Waals surface area contributed by atoms with Crippen LogP contribution >= 0.6 is 11.8 Å². The lowest BCUT2D eigenvalue weighted by atomic mass is 10.2. The molecule has 0 saturated heterocycles. The molecule has 0 fully saturated rings. The van der Waals surface area contributed by atoms with Gasteiger partial charge >= 0.3 is 0 Å². The maximum Gasteiger partial charge on any atom is 0.109 e. The Morgan fingerprint density at radius 1 is 1.37 bits per heavy atom. The van der Waals surface area contributed by atoms with Gasteiger partial charge < -0.3 is 9.88 Å².